The number of alkyl carbamates (subject to hydrolysis) is 1. The lowest BCUT2D eigenvalue weighted by atomic mass is 9.72. The van der Waals surface area contributed by atoms with Gasteiger partial charge in [-0.2, -0.15) is 0 Å². The van der Waals surface area contributed by atoms with Gasteiger partial charge in [-0.05, 0) is 18.3 Å². The van der Waals surface area contributed by atoms with Crippen molar-refractivity contribution < 1.29 is 29.4 Å². The van der Waals surface area contributed by atoms with Crippen molar-refractivity contribution in [1.29, 1.82) is 0 Å². The minimum atomic E-state index is -1.25. The fourth-order valence-electron chi connectivity index (χ4n) is 2.92. The average Bonchev–Trinajstić information content (AvgIpc) is 2.45. The Bertz CT molecular complexity index is 421. The summed E-state index contributed by atoms with van der Waals surface area (Å²) >= 11 is 0. The van der Waals surface area contributed by atoms with Crippen LogP contribution in [0, 0.1) is 15.5 Å². The maximum absolute atomic E-state index is 11.8. The Hall–Kier alpha value is -2.06. The van der Waals surface area contributed by atoms with Gasteiger partial charge in [-0.15, -0.1) is 10.1 Å². The van der Waals surface area contributed by atoms with Crippen LogP contribution in [0.1, 0.15) is 58.3 Å². The highest BCUT2D eigenvalue weighted by Gasteiger charge is 2.35. The van der Waals surface area contributed by atoms with Crippen LogP contribution in [0.15, 0.2) is 0 Å². The third kappa shape index (κ3) is 7.16. The molecule has 9 nitrogen and oxygen atoms in total. The number of nitrogens with one attached hydrogen (secondary N) is 1. The third-order valence-electron chi connectivity index (χ3n) is 4.01. The van der Waals surface area contributed by atoms with Crippen LogP contribution in [0.25, 0.3) is 0 Å². The predicted molar refractivity (Wildman–Crippen MR) is 79.0 cm³/mol. The van der Waals surface area contributed by atoms with Gasteiger partial charge >= 0.3 is 12.1 Å². The van der Waals surface area contributed by atoms with Crippen LogP contribution in [-0.2, 0) is 14.4 Å². The van der Waals surface area contributed by atoms with Gasteiger partial charge in [0.2, 0.25) is 0 Å². The SMILES string of the molecule is CCCC(OC(=O)NCC1(CC(=O)O)CCCCC1)O[N+](=O)[O-]. The van der Waals surface area contributed by atoms with Gasteiger partial charge in [-0.25, -0.2) is 4.79 Å². The predicted octanol–water partition coefficient (Wildman–Crippen LogP) is 2.47. The zero-order chi connectivity index (χ0) is 17.3. The molecule has 0 saturated heterocycles. The molecule has 1 aliphatic rings. The van der Waals surface area contributed by atoms with E-state index >= 15 is 0 Å². The first-order chi connectivity index (χ1) is 10.9. The van der Waals surface area contributed by atoms with Crippen molar-refractivity contribution in [2.45, 2.75) is 64.6 Å². The highest BCUT2D eigenvalue weighted by molar-refractivity contribution is 5.69. The Morgan fingerprint density at radius 2 is 2.00 bits per heavy atom. The van der Waals surface area contributed by atoms with Gasteiger partial charge in [0.1, 0.15) is 0 Å². The molecule has 0 bridgehead atoms. The lowest BCUT2D eigenvalue weighted by Crippen LogP contribution is -2.42. The number of aliphatic carboxylic acids is 1. The van der Waals surface area contributed by atoms with Gasteiger partial charge in [-0.3, -0.25) is 9.63 Å². The molecule has 1 amide bonds. The number of hydrogen-bond donors (Lipinski definition) is 2. The topological polar surface area (TPSA) is 128 Å². The largest absolute Gasteiger partial charge is 0.481 e. The van der Waals surface area contributed by atoms with E-state index in [4.69, 9.17) is 9.84 Å². The van der Waals surface area contributed by atoms with Crippen molar-refractivity contribution in [1.82, 2.24) is 5.32 Å². The molecule has 0 aromatic carbocycles. The van der Waals surface area contributed by atoms with Crippen LogP contribution in [0.4, 0.5) is 4.79 Å². The van der Waals surface area contributed by atoms with E-state index in [1.807, 2.05) is 0 Å². The van der Waals surface area contributed by atoms with Crippen molar-refractivity contribution in [3.8, 4) is 0 Å². The lowest BCUT2D eigenvalue weighted by Gasteiger charge is -2.36. The molecule has 1 unspecified atom stereocenters. The standard InChI is InChI=1S/C14H24N2O7/c1-2-6-12(23-16(20)21)22-13(19)15-10-14(9-11(17)18)7-4-3-5-8-14/h12H,2-10H2,1H3,(H,15,19)(H,17,18). The molecule has 1 atom stereocenters. The second-order valence-electron chi connectivity index (χ2n) is 5.94. The van der Waals surface area contributed by atoms with E-state index in [1.165, 1.54) is 0 Å². The van der Waals surface area contributed by atoms with Gasteiger partial charge in [-0.1, -0.05) is 32.6 Å². The van der Waals surface area contributed by atoms with Crippen LogP contribution < -0.4 is 5.32 Å². The number of carboxylic acids is 1. The highest BCUT2D eigenvalue weighted by Crippen LogP contribution is 2.38. The molecular formula is C14H24N2O7. The summed E-state index contributed by atoms with van der Waals surface area (Å²) in [5.41, 5.74) is -0.479. The quantitative estimate of drug-likeness (QED) is 0.377. The molecule has 1 rings (SSSR count). The number of rotatable bonds is 9. The molecular weight excluding hydrogens is 308 g/mol. The van der Waals surface area contributed by atoms with Crippen molar-refractivity contribution in [3.05, 3.63) is 10.1 Å². The Labute approximate surface area is 134 Å². The first kappa shape index (κ1) is 19.0. The molecule has 0 radical (unpaired) electrons. The summed E-state index contributed by atoms with van der Waals surface area (Å²) in [5, 5.41) is 21.0. The summed E-state index contributed by atoms with van der Waals surface area (Å²) in [4.78, 5) is 37.5. The van der Waals surface area contributed by atoms with E-state index < -0.39 is 28.9 Å². The highest BCUT2D eigenvalue weighted by atomic mass is 17.0. The van der Waals surface area contributed by atoms with Gasteiger partial charge in [0.25, 0.3) is 11.4 Å². The fourth-order valence-corrected chi connectivity index (χ4v) is 2.92. The zero-order valence-corrected chi connectivity index (χ0v) is 13.3. The van der Waals surface area contributed by atoms with Gasteiger partial charge in [0.05, 0.1) is 6.42 Å². The number of carboxylic acid groups (broad SMARTS) is 1. The van der Waals surface area contributed by atoms with Crippen molar-refractivity contribution >= 4 is 12.1 Å². The molecule has 0 aromatic heterocycles. The van der Waals surface area contributed by atoms with Crippen LogP contribution >= 0.6 is 0 Å². The molecule has 1 fully saturated rings. The first-order valence-corrected chi connectivity index (χ1v) is 7.84. The van der Waals surface area contributed by atoms with E-state index in [9.17, 15) is 19.7 Å². The van der Waals surface area contributed by atoms with Crippen LogP contribution in [-0.4, -0.2) is 35.1 Å². The van der Waals surface area contributed by atoms with Crippen LogP contribution in [0.2, 0.25) is 0 Å². The van der Waals surface area contributed by atoms with Crippen molar-refractivity contribution in [2.24, 2.45) is 5.41 Å². The van der Waals surface area contributed by atoms with E-state index in [2.05, 4.69) is 10.2 Å². The summed E-state index contributed by atoms with van der Waals surface area (Å²) < 4.78 is 4.88. The zero-order valence-electron chi connectivity index (χ0n) is 13.3. The molecule has 2 N–H and O–H groups in total. The normalized spacial score (nSPS) is 17.8. The molecule has 0 aliphatic heterocycles. The second-order valence-corrected chi connectivity index (χ2v) is 5.94. The molecule has 1 aliphatic carbocycles. The van der Waals surface area contributed by atoms with Gasteiger partial charge < -0.3 is 15.2 Å². The summed E-state index contributed by atoms with van der Waals surface area (Å²) in [5.74, 6) is -0.900. The average molecular weight is 332 g/mol. The molecule has 9 heteroatoms. The number of nitrogens with zero attached hydrogens (tertiary/aromatic N) is 1. The number of amides is 1. The van der Waals surface area contributed by atoms with E-state index in [0.717, 1.165) is 32.1 Å². The van der Waals surface area contributed by atoms with Crippen LogP contribution in [0.5, 0.6) is 0 Å². The van der Waals surface area contributed by atoms with Gasteiger partial charge in [0.15, 0.2) is 0 Å². The van der Waals surface area contributed by atoms with Crippen molar-refractivity contribution in [2.75, 3.05) is 6.54 Å². The van der Waals surface area contributed by atoms with E-state index in [-0.39, 0.29) is 19.4 Å². The maximum atomic E-state index is 11.8. The number of carbonyl (C=O) groups excluding carboxylic acids is 1. The fraction of sp³-hybridized carbons (Fsp3) is 0.857. The molecule has 132 valence electrons. The number of hydrogen-bond acceptors (Lipinski definition) is 6. The summed E-state index contributed by atoms with van der Waals surface area (Å²) in [6, 6.07) is 0. The number of ether oxygens (including phenoxy) is 1. The summed E-state index contributed by atoms with van der Waals surface area (Å²) in [6.07, 6.45) is 3.01. The minimum Gasteiger partial charge on any atom is -0.481 e. The first-order valence-electron chi connectivity index (χ1n) is 7.84. The molecule has 0 heterocycles. The Kier molecular flexibility index (Phi) is 7.56. The van der Waals surface area contributed by atoms with E-state index in [1.54, 1.807) is 6.92 Å². The summed E-state index contributed by atoms with van der Waals surface area (Å²) in [7, 11) is 0. The van der Waals surface area contributed by atoms with E-state index in [0.29, 0.717) is 6.42 Å². The molecule has 0 aromatic rings. The lowest BCUT2D eigenvalue weighted by molar-refractivity contribution is -0.779. The minimum absolute atomic E-state index is 0.0168. The van der Waals surface area contributed by atoms with Crippen LogP contribution in [0.3, 0.4) is 0 Å². The Morgan fingerprint density at radius 3 is 2.52 bits per heavy atom. The third-order valence-corrected chi connectivity index (χ3v) is 4.01. The van der Waals surface area contributed by atoms with Crippen molar-refractivity contribution in [3.63, 3.8) is 0 Å². The monoisotopic (exact) mass is 332 g/mol. The molecule has 0 spiro atoms. The molecule has 23 heavy (non-hydrogen) atoms. The molecule has 1 saturated carbocycles. The van der Waals surface area contributed by atoms with Gasteiger partial charge in [0, 0.05) is 13.0 Å². The second kappa shape index (κ2) is 9.16. The maximum Gasteiger partial charge on any atom is 0.409 e. The smallest absolute Gasteiger partial charge is 0.409 e. The summed E-state index contributed by atoms with van der Waals surface area (Å²) in [6.45, 7) is 1.96. The Morgan fingerprint density at radius 1 is 1.35 bits per heavy atom. The number of carbonyl (C=O) groups is 2. The Balaban J connectivity index is 2.53.